The summed E-state index contributed by atoms with van der Waals surface area (Å²) >= 11 is 0. The Hall–Kier alpha value is -1.47. The molecule has 0 bridgehead atoms. The molecule has 2 aliphatic rings. The Labute approximate surface area is 129 Å². The van der Waals surface area contributed by atoms with E-state index in [2.05, 4.69) is 0 Å². The first-order valence-electron chi connectivity index (χ1n) is 7.48. The van der Waals surface area contributed by atoms with Crippen molar-refractivity contribution in [2.75, 3.05) is 36.0 Å². The number of rotatable bonds is 2. The van der Waals surface area contributed by atoms with Gasteiger partial charge in [-0.15, -0.1) is 0 Å². The summed E-state index contributed by atoms with van der Waals surface area (Å²) in [6, 6.07) is 5.90. The maximum Gasteiger partial charge on any atom is 0.244 e. The van der Waals surface area contributed by atoms with E-state index in [-0.39, 0.29) is 23.5 Å². The Kier molecular flexibility index (Phi) is 4.18. The molecule has 0 radical (unpaired) electrons. The molecule has 120 valence electrons. The highest BCUT2D eigenvalue weighted by molar-refractivity contribution is 7.91. The Balaban J connectivity index is 1.75. The molecule has 0 N–H and O–H groups in total. The molecule has 1 aromatic carbocycles. The first-order chi connectivity index (χ1) is 10.5. The summed E-state index contributed by atoms with van der Waals surface area (Å²) < 4.78 is 37.2. The summed E-state index contributed by atoms with van der Waals surface area (Å²) in [6.45, 7) is 1.44. The van der Waals surface area contributed by atoms with E-state index in [9.17, 15) is 17.6 Å². The molecule has 0 unspecified atom stereocenters. The van der Waals surface area contributed by atoms with Gasteiger partial charge in [0.25, 0.3) is 0 Å². The summed E-state index contributed by atoms with van der Waals surface area (Å²) in [5, 5.41) is 0. The second-order valence-electron chi connectivity index (χ2n) is 5.79. The van der Waals surface area contributed by atoms with Crippen LogP contribution in [0.25, 0.3) is 0 Å². The predicted molar refractivity (Wildman–Crippen MR) is 82.0 cm³/mol. The summed E-state index contributed by atoms with van der Waals surface area (Å²) in [7, 11) is -3.00. The van der Waals surface area contributed by atoms with E-state index < -0.39 is 15.7 Å². The average molecular weight is 326 g/mol. The monoisotopic (exact) mass is 326 g/mol. The molecule has 2 saturated heterocycles. The molecule has 0 aromatic heterocycles. The minimum absolute atomic E-state index is 0.0937. The smallest absolute Gasteiger partial charge is 0.244 e. The van der Waals surface area contributed by atoms with Crippen LogP contribution < -0.4 is 4.90 Å². The van der Waals surface area contributed by atoms with Gasteiger partial charge in [-0.05, 0) is 31.5 Å². The molecule has 0 aliphatic carbocycles. The van der Waals surface area contributed by atoms with Crippen molar-refractivity contribution in [2.45, 2.75) is 18.9 Å². The topological polar surface area (TPSA) is 57.7 Å². The van der Waals surface area contributed by atoms with Crippen LogP contribution in [0.5, 0.6) is 0 Å². The first-order valence-corrected chi connectivity index (χ1v) is 9.30. The van der Waals surface area contributed by atoms with Crippen molar-refractivity contribution in [3.8, 4) is 0 Å². The van der Waals surface area contributed by atoms with E-state index in [0.29, 0.717) is 38.2 Å². The molecule has 5 nitrogen and oxygen atoms in total. The third kappa shape index (κ3) is 3.01. The van der Waals surface area contributed by atoms with Gasteiger partial charge in [-0.25, -0.2) is 12.8 Å². The minimum atomic E-state index is -3.00. The van der Waals surface area contributed by atoms with Gasteiger partial charge < -0.3 is 4.90 Å². The van der Waals surface area contributed by atoms with Gasteiger partial charge in [0, 0.05) is 13.1 Å². The number of anilines is 1. The molecule has 7 heteroatoms. The van der Waals surface area contributed by atoms with E-state index in [0.717, 1.165) is 0 Å². The zero-order valence-corrected chi connectivity index (χ0v) is 13.1. The number of sulfone groups is 1. The van der Waals surface area contributed by atoms with Gasteiger partial charge in [0.15, 0.2) is 9.84 Å². The Morgan fingerprint density at radius 3 is 2.64 bits per heavy atom. The van der Waals surface area contributed by atoms with Crippen LogP contribution in [0.15, 0.2) is 24.3 Å². The van der Waals surface area contributed by atoms with Crippen LogP contribution in [0.4, 0.5) is 10.1 Å². The maximum atomic E-state index is 13.9. The normalized spacial score (nSPS) is 26.1. The van der Waals surface area contributed by atoms with Crippen LogP contribution in [-0.2, 0) is 14.6 Å². The second-order valence-corrected chi connectivity index (χ2v) is 8.09. The Bertz CT molecular complexity index is 677. The lowest BCUT2D eigenvalue weighted by Crippen LogP contribution is -2.43. The third-order valence-electron chi connectivity index (χ3n) is 4.35. The molecule has 0 spiro atoms. The van der Waals surface area contributed by atoms with Crippen LogP contribution in [0.1, 0.15) is 12.8 Å². The standard InChI is InChI=1S/C15H19FN2O3S/c16-12-4-1-2-5-13(12)18-8-6-14(15(18)19)17-7-3-10-22(20,21)11-9-17/h1-2,4-5,14H,3,6-11H2/t14-/m0/s1. The third-order valence-corrected chi connectivity index (χ3v) is 6.07. The van der Waals surface area contributed by atoms with Crippen LogP contribution >= 0.6 is 0 Å². The predicted octanol–water partition coefficient (Wildman–Crippen LogP) is 1.05. The van der Waals surface area contributed by atoms with Gasteiger partial charge in [0.2, 0.25) is 5.91 Å². The molecule has 2 fully saturated rings. The highest BCUT2D eigenvalue weighted by Crippen LogP contribution is 2.27. The molecule has 2 aliphatic heterocycles. The number of halogens is 1. The number of carbonyl (C=O) groups is 1. The summed E-state index contributed by atoms with van der Waals surface area (Å²) in [5.74, 6) is -0.267. The molecular weight excluding hydrogens is 307 g/mol. The molecule has 1 aromatic rings. The number of hydrogen-bond acceptors (Lipinski definition) is 4. The number of hydrogen-bond donors (Lipinski definition) is 0. The molecule has 2 heterocycles. The lowest BCUT2D eigenvalue weighted by atomic mass is 10.2. The van der Waals surface area contributed by atoms with Crippen LogP contribution in [-0.4, -0.2) is 56.4 Å². The largest absolute Gasteiger partial charge is 0.308 e. The van der Waals surface area contributed by atoms with Crippen LogP contribution in [0, 0.1) is 5.82 Å². The van der Waals surface area contributed by atoms with E-state index in [1.807, 2.05) is 4.90 Å². The van der Waals surface area contributed by atoms with Crippen molar-refractivity contribution < 1.29 is 17.6 Å². The SMILES string of the molecule is O=C1[C@@H](N2CCCS(=O)(=O)CC2)CCN1c1ccccc1F. The fourth-order valence-electron chi connectivity index (χ4n) is 3.18. The molecule has 1 amide bonds. The zero-order chi connectivity index (χ0) is 15.7. The highest BCUT2D eigenvalue weighted by atomic mass is 32.2. The fraction of sp³-hybridized carbons (Fsp3) is 0.533. The van der Waals surface area contributed by atoms with E-state index in [1.54, 1.807) is 18.2 Å². The first kappa shape index (κ1) is 15.4. The van der Waals surface area contributed by atoms with Crippen molar-refractivity contribution in [2.24, 2.45) is 0 Å². The minimum Gasteiger partial charge on any atom is -0.308 e. The van der Waals surface area contributed by atoms with Gasteiger partial charge in [0.05, 0.1) is 23.2 Å². The van der Waals surface area contributed by atoms with Crippen LogP contribution in [0.2, 0.25) is 0 Å². The molecular formula is C15H19FN2O3S. The van der Waals surface area contributed by atoms with Gasteiger partial charge in [-0.3, -0.25) is 9.69 Å². The molecule has 3 rings (SSSR count). The van der Waals surface area contributed by atoms with E-state index in [4.69, 9.17) is 0 Å². The van der Waals surface area contributed by atoms with E-state index in [1.165, 1.54) is 11.0 Å². The molecule has 1 atom stereocenters. The Morgan fingerprint density at radius 2 is 1.86 bits per heavy atom. The number of carbonyl (C=O) groups excluding carboxylic acids is 1. The van der Waals surface area contributed by atoms with Crippen LogP contribution in [0.3, 0.4) is 0 Å². The van der Waals surface area contributed by atoms with Crippen molar-refractivity contribution in [3.63, 3.8) is 0 Å². The van der Waals surface area contributed by atoms with Crippen molar-refractivity contribution in [1.29, 1.82) is 0 Å². The molecule has 0 saturated carbocycles. The summed E-state index contributed by atoms with van der Waals surface area (Å²) in [4.78, 5) is 16.0. The zero-order valence-electron chi connectivity index (χ0n) is 12.2. The quantitative estimate of drug-likeness (QED) is 0.815. The van der Waals surface area contributed by atoms with Crippen molar-refractivity contribution in [3.05, 3.63) is 30.1 Å². The molecule has 22 heavy (non-hydrogen) atoms. The van der Waals surface area contributed by atoms with Crippen molar-refractivity contribution in [1.82, 2.24) is 4.90 Å². The lowest BCUT2D eigenvalue weighted by Gasteiger charge is -2.26. The van der Waals surface area contributed by atoms with Gasteiger partial charge in [-0.1, -0.05) is 12.1 Å². The number of para-hydroxylation sites is 1. The van der Waals surface area contributed by atoms with Crippen molar-refractivity contribution >= 4 is 21.4 Å². The summed E-state index contributed by atoms with van der Waals surface area (Å²) in [6.07, 6.45) is 1.15. The number of benzene rings is 1. The van der Waals surface area contributed by atoms with Gasteiger partial charge >= 0.3 is 0 Å². The number of nitrogens with zero attached hydrogens (tertiary/aromatic N) is 2. The second kappa shape index (κ2) is 5.96. The Morgan fingerprint density at radius 1 is 1.09 bits per heavy atom. The lowest BCUT2D eigenvalue weighted by molar-refractivity contribution is -0.121. The fourth-order valence-corrected chi connectivity index (χ4v) is 4.47. The average Bonchev–Trinajstić information content (AvgIpc) is 2.75. The van der Waals surface area contributed by atoms with Gasteiger partial charge in [0.1, 0.15) is 5.82 Å². The summed E-state index contributed by atoms with van der Waals surface area (Å²) in [5.41, 5.74) is 0.303. The maximum absolute atomic E-state index is 13.9. The highest BCUT2D eigenvalue weighted by Gasteiger charge is 2.38. The van der Waals surface area contributed by atoms with Gasteiger partial charge in [-0.2, -0.15) is 0 Å². The number of amides is 1. The van der Waals surface area contributed by atoms with E-state index >= 15 is 0 Å².